The van der Waals surface area contributed by atoms with Gasteiger partial charge in [-0.1, -0.05) is 24.3 Å². The molecule has 0 bridgehead atoms. The second-order valence-corrected chi connectivity index (χ2v) is 6.58. The molecular formula is C21H24N2O4. The van der Waals surface area contributed by atoms with E-state index in [1.807, 2.05) is 55.5 Å². The maximum absolute atomic E-state index is 12.8. The number of amides is 2. The molecule has 1 unspecified atom stereocenters. The third-order valence-electron chi connectivity index (χ3n) is 4.74. The monoisotopic (exact) mass is 368 g/mol. The van der Waals surface area contributed by atoms with Crippen LogP contribution in [0.2, 0.25) is 0 Å². The number of nitrogens with zero attached hydrogens (tertiary/aromatic N) is 2. The molecule has 27 heavy (non-hydrogen) atoms. The van der Waals surface area contributed by atoms with Crippen LogP contribution in [0.25, 0.3) is 0 Å². The van der Waals surface area contributed by atoms with Crippen LogP contribution in [0.3, 0.4) is 0 Å². The molecule has 2 aromatic carbocycles. The molecule has 0 aliphatic carbocycles. The van der Waals surface area contributed by atoms with E-state index >= 15 is 0 Å². The number of carbonyl (C=O) groups is 2. The van der Waals surface area contributed by atoms with E-state index in [0.717, 1.165) is 11.3 Å². The summed E-state index contributed by atoms with van der Waals surface area (Å²) in [6, 6.07) is 14.7. The molecule has 6 nitrogen and oxygen atoms in total. The third-order valence-corrected chi connectivity index (χ3v) is 4.74. The van der Waals surface area contributed by atoms with Crippen molar-refractivity contribution in [3.05, 3.63) is 54.1 Å². The zero-order chi connectivity index (χ0) is 19.4. The van der Waals surface area contributed by atoms with Gasteiger partial charge >= 0.3 is 0 Å². The summed E-state index contributed by atoms with van der Waals surface area (Å²) in [5.41, 5.74) is 1.60. The number of piperazine rings is 1. The topological polar surface area (TPSA) is 59.1 Å². The lowest BCUT2D eigenvalue weighted by Crippen LogP contribution is -2.57. The summed E-state index contributed by atoms with van der Waals surface area (Å²) >= 11 is 0. The van der Waals surface area contributed by atoms with E-state index in [9.17, 15) is 9.59 Å². The summed E-state index contributed by atoms with van der Waals surface area (Å²) in [7, 11) is 3.18. The lowest BCUT2D eigenvalue weighted by Gasteiger charge is -2.39. The molecule has 142 valence electrons. The average molecular weight is 368 g/mol. The van der Waals surface area contributed by atoms with Crippen molar-refractivity contribution in [1.29, 1.82) is 0 Å². The van der Waals surface area contributed by atoms with Gasteiger partial charge in [0.15, 0.2) is 0 Å². The van der Waals surface area contributed by atoms with Crippen LogP contribution < -0.4 is 14.4 Å². The lowest BCUT2D eigenvalue weighted by molar-refractivity contribution is -0.137. The Morgan fingerprint density at radius 3 is 2.59 bits per heavy atom. The second-order valence-electron chi connectivity index (χ2n) is 6.58. The maximum Gasteiger partial charge on any atom is 0.246 e. The van der Waals surface area contributed by atoms with Crippen molar-refractivity contribution in [2.24, 2.45) is 0 Å². The number of anilines is 1. The van der Waals surface area contributed by atoms with Crippen LogP contribution in [-0.2, 0) is 16.0 Å². The number of carbonyl (C=O) groups excluding carboxylic acids is 2. The molecule has 0 N–H and O–H groups in total. The van der Waals surface area contributed by atoms with Crippen LogP contribution >= 0.6 is 0 Å². The van der Waals surface area contributed by atoms with E-state index in [0.29, 0.717) is 18.0 Å². The number of para-hydroxylation sites is 1. The van der Waals surface area contributed by atoms with Crippen molar-refractivity contribution in [2.45, 2.75) is 19.4 Å². The first-order valence-corrected chi connectivity index (χ1v) is 8.89. The van der Waals surface area contributed by atoms with Crippen LogP contribution in [0.1, 0.15) is 12.5 Å². The molecular weight excluding hydrogens is 344 g/mol. The summed E-state index contributed by atoms with van der Waals surface area (Å²) in [6.45, 7) is 2.49. The van der Waals surface area contributed by atoms with Gasteiger partial charge in [0.05, 0.1) is 26.7 Å². The minimum absolute atomic E-state index is 0.0650. The summed E-state index contributed by atoms with van der Waals surface area (Å²) in [5.74, 6) is 1.20. The van der Waals surface area contributed by atoms with Crippen molar-refractivity contribution < 1.29 is 19.1 Å². The van der Waals surface area contributed by atoms with Gasteiger partial charge in [0.2, 0.25) is 11.8 Å². The second kappa shape index (κ2) is 8.12. The first-order chi connectivity index (χ1) is 13.0. The minimum Gasteiger partial charge on any atom is -0.497 e. The van der Waals surface area contributed by atoms with E-state index in [-0.39, 0.29) is 30.8 Å². The van der Waals surface area contributed by atoms with Gasteiger partial charge in [-0.2, -0.15) is 0 Å². The minimum atomic E-state index is -0.125. The fraction of sp³-hybridized carbons (Fsp3) is 0.333. The number of hydrogen-bond donors (Lipinski definition) is 0. The summed E-state index contributed by atoms with van der Waals surface area (Å²) in [4.78, 5) is 28.9. The largest absolute Gasteiger partial charge is 0.497 e. The van der Waals surface area contributed by atoms with Gasteiger partial charge in [-0.25, -0.2) is 0 Å². The zero-order valence-electron chi connectivity index (χ0n) is 15.8. The number of ether oxygens (including phenoxy) is 2. The Bertz CT molecular complexity index is 836. The van der Waals surface area contributed by atoms with E-state index in [4.69, 9.17) is 9.47 Å². The highest BCUT2D eigenvalue weighted by molar-refractivity contribution is 5.99. The Morgan fingerprint density at radius 2 is 1.89 bits per heavy atom. The maximum atomic E-state index is 12.8. The molecule has 0 saturated carbocycles. The van der Waals surface area contributed by atoms with E-state index in [1.165, 1.54) is 0 Å². The van der Waals surface area contributed by atoms with Crippen LogP contribution in [0.15, 0.2) is 48.5 Å². The molecule has 0 aromatic heterocycles. The number of benzene rings is 2. The molecule has 3 rings (SSSR count). The van der Waals surface area contributed by atoms with Crippen LogP contribution in [-0.4, -0.2) is 50.1 Å². The van der Waals surface area contributed by atoms with Gasteiger partial charge in [0, 0.05) is 23.9 Å². The number of hydrogen-bond acceptors (Lipinski definition) is 4. The molecule has 6 heteroatoms. The van der Waals surface area contributed by atoms with Crippen molar-refractivity contribution in [3.63, 3.8) is 0 Å². The quantitative estimate of drug-likeness (QED) is 0.814. The zero-order valence-corrected chi connectivity index (χ0v) is 15.8. The molecule has 2 amide bonds. The summed E-state index contributed by atoms with van der Waals surface area (Å²) < 4.78 is 10.6. The third kappa shape index (κ3) is 4.05. The number of methoxy groups -OCH3 is 2. The normalized spacial score (nSPS) is 17.0. The van der Waals surface area contributed by atoms with Gasteiger partial charge < -0.3 is 19.3 Å². The molecule has 1 aliphatic heterocycles. The molecule has 1 atom stereocenters. The van der Waals surface area contributed by atoms with Gasteiger partial charge in [-0.05, 0) is 25.1 Å². The molecule has 1 aliphatic rings. The Balaban J connectivity index is 1.72. The lowest BCUT2D eigenvalue weighted by atomic mass is 10.1. The van der Waals surface area contributed by atoms with Crippen molar-refractivity contribution >= 4 is 17.5 Å². The van der Waals surface area contributed by atoms with Gasteiger partial charge in [-0.3, -0.25) is 9.59 Å². The Hall–Kier alpha value is -3.02. The van der Waals surface area contributed by atoms with Gasteiger partial charge in [0.1, 0.15) is 18.0 Å². The van der Waals surface area contributed by atoms with Crippen molar-refractivity contribution in [3.8, 4) is 11.5 Å². The van der Waals surface area contributed by atoms with Crippen molar-refractivity contribution in [2.75, 3.05) is 32.2 Å². The van der Waals surface area contributed by atoms with E-state index in [1.54, 1.807) is 24.0 Å². The van der Waals surface area contributed by atoms with Crippen LogP contribution in [0.4, 0.5) is 5.69 Å². The number of rotatable bonds is 5. The summed E-state index contributed by atoms with van der Waals surface area (Å²) in [6.07, 6.45) is 0.211. The Morgan fingerprint density at radius 1 is 1.11 bits per heavy atom. The molecule has 0 radical (unpaired) electrons. The first kappa shape index (κ1) is 18.8. The standard InChI is InChI=1S/C21H24N2O4/c1-15-13-22(20(24)11-16-7-4-5-10-19(16)27-3)14-21(25)23(15)17-8-6-9-18(12-17)26-2/h4-10,12,15H,11,13-14H2,1-3H3. The van der Waals surface area contributed by atoms with Crippen LogP contribution in [0.5, 0.6) is 11.5 Å². The fourth-order valence-electron chi connectivity index (χ4n) is 3.42. The average Bonchev–Trinajstić information content (AvgIpc) is 2.68. The van der Waals surface area contributed by atoms with Crippen molar-refractivity contribution in [1.82, 2.24) is 4.90 Å². The molecule has 0 spiro atoms. The van der Waals surface area contributed by atoms with Gasteiger partial charge in [0.25, 0.3) is 0 Å². The molecule has 1 saturated heterocycles. The van der Waals surface area contributed by atoms with E-state index < -0.39 is 0 Å². The molecule has 2 aromatic rings. The molecule has 1 heterocycles. The Labute approximate surface area is 159 Å². The van der Waals surface area contributed by atoms with E-state index in [2.05, 4.69) is 0 Å². The van der Waals surface area contributed by atoms with Crippen LogP contribution in [0, 0.1) is 0 Å². The SMILES string of the molecule is COc1cccc(N2C(=O)CN(C(=O)Cc3ccccc3OC)CC2C)c1. The smallest absolute Gasteiger partial charge is 0.246 e. The predicted octanol–water partition coefficient (Wildman–Crippen LogP) is 2.51. The Kier molecular flexibility index (Phi) is 5.64. The fourth-order valence-corrected chi connectivity index (χ4v) is 3.42. The molecule has 1 fully saturated rings. The summed E-state index contributed by atoms with van der Waals surface area (Å²) in [5, 5.41) is 0. The van der Waals surface area contributed by atoms with Gasteiger partial charge in [-0.15, -0.1) is 0 Å². The first-order valence-electron chi connectivity index (χ1n) is 8.89. The highest BCUT2D eigenvalue weighted by Gasteiger charge is 2.33. The highest BCUT2D eigenvalue weighted by Crippen LogP contribution is 2.26. The predicted molar refractivity (Wildman–Crippen MR) is 103 cm³/mol. The highest BCUT2D eigenvalue weighted by atomic mass is 16.5.